The first-order valence-corrected chi connectivity index (χ1v) is 11.8. The SMILES string of the molecule is CC(=O)c1ccc(-c2ccccc2[C@H]2[C@@H]3C=CC[C@H](C)[C@H]3C(=O)N2Cc2ccccc2)cc1. The normalized spacial score (nSPS) is 24.1. The van der Waals surface area contributed by atoms with Crippen LogP contribution in [0.5, 0.6) is 0 Å². The molecule has 4 atom stereocenters. The molecule has 1 aliphatic heterocycles. The van der Waals surface area contributed by atoms with Crippen LogP contribution in [0.2, 0.25) is 0 Å². The second-order valence-electron chi connectivity index (χ2n) is 9.36. The van der Waals surface area contributed by atoms with Gasteiger partial charge in [-0.1, -0.05) is 97.9 Å². The van der Waals surface area contributed by atoms with E-state index in [0.717, 1.165) is 23.1 Å². The molecule has 0 N–H and O–H groups in total. The number of fused-ring (bicyclic) bond motifs is 1. The number of likely N-dealkylation sites (tertiary alicyclic amines) is 1. The lowest BCUT2D eigenvalue weighted by Gasteiger charge is -2.31. The van der Waals surface area contributed by atoms with E-state index in [2.05, 4.69) is 54.3 Å². The third-order valence-electron chi connectivity index (χ3n) is 7.24. The number of carbonyl (C=O) groups excluding carboxylic acids is 2. The van der Waals surface area contributed by atoms with Gasteiger partial charge < -0.3 is 4.90 Å². The number of Topliss-reactive ketones (excluding diaryl/α,β-unsaturated/α-hetero) is 1. The molecule has 3 aromatic carbocycles. The van der Waals surface area contributed by atoms with Crippen molar-refractivity contribution in [2.75, 3.05) is 0 Å². The summed E-state index contributed by atoms with van der Waals surface area (Å²) in [5.41, 5.74) is 5.22. The molecule has 1 saturated heterocycles. The molecule has 5 rings (SSSR count). The molecule has 3 heteroatoms. The van der Waals surface area contributed by atoms with E-state index >= 15 is 0 Å². The molecule has 2 aliphatic rings. The Morgan fingerprint density at radius 3 is 2.36 bits per heavy atom. The molecule has 3 nitrogen and oxygen atoms in total. The second-order valence-corrected chi connectivity index (χ2v) is 9.36. The van der Waals surface area contributed by atoms with Crippen LogP contribution in [0.15, 0.2) is 91.0 Å². The summed E-state index contributed by atoms with van der Waals surface area (Å²) in [6, 6.07) is 26.5. The molecule has 0 aromatic heterocycles. The van der Waals surface area contributed by atoms with Crippen molar-refractivity contribution in [3.63, 3.8) is 0 Å². The quantitative estimate of drug-likeness (QED) is 0.340. The zero-order valence-corrected chi connectivity index (χ0v) is 19.1. The van der Waals surface area contributed by atoms with Gasteiger partial charge in [-0.3, -0.25) is 9.59 Å². The number of hydrogen-bond acceptors (Lipinski definition) is 2. The van der Waals surface area contributed by atoms with Crippen molar-refractivity contribution in [3.8, 4) is 11.1 Å². The van der Waals surface area contributed by atoms with Crippen LogP contribution < -0.4 is 0 Å². The molecule has 0 spiro atoms. The highest BCUT2D eigenvalue weighted by Crippen LogP contribution is 2.50. The topological polar surface area (TPSA) is 37.4 Å². The Bertz CT molecular complexity index is 1200. The fraction of sp³-hybridized carbons (Fsp3) is 0.267. The van der Waals surface area contributed by atoms with E-state index < -0.39 is 0 Å². The molecular formula is C30H29NO2. The van der Waals surface area contributed by atoms with Crippen molar-refractivity contribution < 1.29 is 9.59 Å². The number of nitrogens with zero attached hydrogens (tertiary/aromatic N) is 1. The molecule has 0 bridgehead atoms. The fourth-order valence-corrected chi connectivity index (χ4v) is 5.58. The predicted octanol–water partition coefficient (Wildman–Crippen LogP) is 6.47. The third kappa shape index (κ3) is 3.93. The number of rotatable bonds is 5. The van der Waals surface area contributed by atoms with E-state index in [0.29, 0.717) is 18.0 Å². The molecule has 0 unspecified atom stereocenters. The van der Waals surface area contributed by atoms with Crippen LogP contribution >= 0.6 is 0 Å². The maximum atomic E-state index is 13.8. The van der Waals surface area contributed by atoms with Gasteiger partial charge in [-0.05, 0) is 41.5 Å². The maximum Gasteiger partial charge on any atom is 0.227 e. The molecule has 1 fully saturated rings. The summed E-state index contributed by atoms with van der Waals surface area (Å²) in [5, 5.41) is 0. The smallest absolute Gasteiger partial charge is 0.227 e. The van der Waals surface area contributed by atoms with Crippen LogP contribution in [0.25, 0.3) is 11.1 Å². The molecule has 0 radical (unpaired) electrons. The lowest BCUT2D eigenvalue weighted by Crippen LogP contribution is -2.30. The van der Waals surface area contributed by atoms with Crippen LogP contribution in [0.3, 0.4) is 0 Å². The van der Waals surface area contributed by atoms with Crippen LogP contribution in [-0.4, -0.2) is 16.6 Å². The first-order chi connectivity index (χ1) is 16.0. The fourth-order valence-electron chi connectivity index (χ4n) is 5.58. The molecular weight excluding hydrogens is 406 g/mol. The predicted molar refractivity (Wildman–Crippen MR) is 132 cm³/mol. The van der Waals surface area contributed by atoms with E-state index in [1.807, 2.05) is 48.5 Å². The number of benzene rings is 3. The van der Waals surface area contributed by atoms with Gasteiger partial charge in [-0.25, -0.2) is 0 Å². The molecule has 3 aromatic rings. The number of hydrogen-bond donors (Lipinski definition) is 0. The summed E-state index contributed by atoms with van der Waals surface area (Å²) in [6.07, 6.45) is 5.48. The van der Waals surface area contributed by atoms with Gasteiger partial charge in [0.15, 0.2) is 5.78 Å². The Kier molecular flexibility index (Phi) is 5.72. The van der Waals surface area contributed by atoms with Gasteiger partial charge in [0, 0.05) is 23.9 Å². The summed E-state index contributed by atoms with van der Waals surface area (Å²) < 4.78 is 0. The van der Waals surface area contributed by atoms with E-state index in [-0.39, 0.29) is 29.6 Å². The monoisotopic (exact) mass is 435 g/mol. The molecule has 1 amide bonds. The van der Waals surface area contributed by atoms with Crippen molar-refractivity contribution in [3.05, 3.63) is 108 Å². The Labute approximate surface area is 195 Å². The highest BCUT2D eigenvalue weighted by Gasteiger charge is 2.50. The zero-order valence-electron chi connectivity index (χ0n) is 19.1. The van der Waals surface area contributed by atoms with Crippen LogP contribution in [0.4, 0.5) is 0 Å². The summed E-state index contributed by atoms with van der Waals surface area (Å²) >= 11 is 0. The van der Waals surface area contributed by atoms with Gasteiger partial charge >= 0.3 is 0 Å². The average Bonchev–Trinajstić information content (AvgIpc) is 3.12. The van der Waals surface area contributed by atoms with Crippen LogP contribution in [0, 0.1) is 17.8 Å². The minimum atomic E-state index is -0.0228. The van der Waals surface area contributed by atoms with Crippen molar-refractivity contribution in [2.24, 2.45) is 17.8 Å². The summed E-state index contributed by atoms with van der Waals surface area (Å²) in [4.78, 5) is 27.6. The minimum absolute atomic E-state index is 0.0110. The van der Waals surface area contributed by atoms with E-state index in [1.165, 1.54) is 5.56 Å². The lowest BCUT2D eigenvalue weighted by atomic mass is 9.74. The van der Waals surface area contributed by atoms with E-state index in [1.54, 1.807) is 6.92 Å². The minimum Gasteiger partial charge on any atom is -0.330 e. The van der Waals surface area contributed by atoms with Crippen molar-refractivity contribution in [1.82, 2.24) is 4.90 Å². The van der Waals surface area contributed by atoms with Crippen LogP contribution in [0.1, 0.15) is 47.8 Å². The largest absolute Gasteiger partial charge is 0.330 e. The van der Waals surface area contributed by atoms with Gasteiger partial charge in [0.2, 0.25) is 5.91 Å². The van der Waals surface area contributed by atoms with E-state index in [9.17, 15) is 9.59 Å². The lowest BCUT2D eigenvalue weighted by molar-refractivity contribution is -0.134. The Balaban J connectivity index is 1.61. The second kappa shape index (κ2) is 8.82. The number of amides is 1. The zero-order chi connectivity index (χ0) is 22.9. The van der Waals surface area contributed by atoms with Crippen molar-refractivity contribution in [1.29, 1.82) is 0 Å². The highest BCUT2D eigenvalue weighted by atomic mass is 16.2. The van der Waals surface area contributed by atoms with Gasteiger partial charge in [0.05, 0.1) is 6.04 Å². The molecule has 33 heavy (non-hydrogen) atoms. The maximum absolute atomic E-state index is 13.8. The summed E-state index contributed by atoms with van der Waals surface area (Å²) in [6.45, 7) is 4.40. The summed E-state index contributed by atoms with van der Waals surface area (Å²) in [7, 11) is 0. The average molecular weight is 436 g/mol. The highest BCUT2D eigenvalue weighted by molar-refractivity contribution is 5.94. The third-order valence-corrected chi connectivity index (χ3v) is 7.24. The van der Waals surface area contributed by atoms with Crippen molar-refractivity contribution in [2.45, 2.75) is 32.9 Å². The number of allylic oxidation sites excluding steroid dienone is 1. The Morgan fingerprint density at radius 1 is 0.939 bits per heavy atom. The van der Waals surface area contributed by atoms with Gasteiger partial charge in [-0.2, -0.15) is 0 Å². The Hall–Kier alpha value is -3.46. The number of ketones is 1. The Morgan fingerprint density at radius 2 is 1.64 bits per heavy atom. The molecule has 1 heterocycles. The van der Waals surface area contributed by atoms with Gasteiger partial charge in [-0.15, -0.1) is 0 Å². The molecule has 166 valence electrons. The molecule has 1 aliphatic carbocycles. The molecule has 0 saturated carbocycles. The summed E-state index contributed by atoms with van der Waals surface area (Å²) in [5.74, 6) is 0.819. The van der Waals surface area contributed by atoms with Gasteiger partial charge in [0.25, 0.3) is 0 Å². The van der Waals surface area contributed by atoms with Crippen molar-refractivity contribution >= 4 is 11.7 Å². The first kappa shape index (κ1) is 21.4. The standard InChI is InChI=1S/C30H29NO2/c1-20-9-8-14-27-28(20)30(33)31(19-22-10-4-3-5-11-22)29(27)26-13-7-6-12-25(26)24-17-15-23(16-18-24)21(2)32/h3-8,10-18,20,27-29H,9,19H2,1-2H3/t20-,27+,28+,29-/m0/s1. The van der Waals surface area contributed by atoms with E-state index in [4.69, 9.17) is 0 Å². The van der Waals surface area contributed by atoms with Crippen LogP contribution in [-0.2, 0) is 11.3 Å². The number of carbonyl (C=O) groups is 2. The van der Waals surface area contributed by atoms with Gasteiger partial charge in [0.1, 0.15) is 0 Å². The first-order valence-electron chi connectivity index (χ1n) is 11.8.